The smallest absolute Gasteiger partial charge is 0.406 e. The Labute approximate surface area is 79.8 Å². The van der Waals surface area contributed by atoms with Gasteiger partial charge in [-0.25, -0.2) is 4.79 Å². The van der Waals surface area contributed by atoms with Crippen LogP contribution in [0.25, 0.3) is 0 Å². The van der Waals surface area contributed by atoms with Crippen molar-refractivity contribution in [2.75, 3.05) is 13.3 Å². The maximum atomic E-state index is 10.8. The van der Waals surface area contributed by atoms with E-state index in [4.69, 9.17) is 4.74 Å². The molecule has 0 heterocycles. The lowest BCUT2D eigenvalue weighted by Gasteiger charge is -2.18. The normalized spacial score (nSPS) is 9.92. The van der Waals surface area contributed by atoms with Gasteiger partial charge in [0.15, 0.2) is 8.07 Å². The zero-order chi connectivity index (χ0) is 10.3. The molecule has 13 heavy (non-hydrogen) atoms. The molecule has 72 valence electrons. The molecule has 0 bridgehead atoms. The minimum Gasteiger partial charge on any atom is -0.452 e. The number of carbonyl (C=O) groups excluding carboxylic acids is 1. The van der Waals surface area contributed by atoms with Gasteiger partial charge in [0.2, 0.25) is 0 Å². The first-order valence-corrected chi connectivity index (χ1v) is 6.33. The average Bonchev–Trinajstić information content (AvgIpc) is 2.20. The molecule has 0 aliphatic heterocycles. The molecule has 0 rings (SSSR count). The maximum absolute atomic E-state index is 10.8. The summed E-state index contributed by atoms with van der Waals surface area (Å²) in [5, 5.41) is 2.37. The van der Waals surface area contributed by atoms with Crippen LogP contribution in [0.1, 0.15) is 0 Å². The zero-order valence-corrected chi connectivity index (χ0v) is 8.88. The highest BCUT2D eigenvalue weighted by molar-refractivity contribution is 6.93. The summed E-state index contributed by atoms with van der Waals surface area (Å²) >= 11 is 0. The molecule has 0 aromatic carbocycles. The SMILES string of the molecule is C=C[Si](C=C)(C=C)COC(=O)NC. The van der Waals surface area contributed by atoms with Gasteiger partial charge in [-0.2, -0.15) is 0 Å². The number of ether oxygens (including phenoxy) is 1. The molecule has 3 nitrogen and oxygen atoms in total. The van der Waals surface area contributed by atoms with Crippen molar-refractivity contribution in [3.8, 4) is 0 Å². The largest absolute Gasteiger partial charge is 0.452 e. The molecular formula is C9H15NO2Si. The highest BCUT2D eigenvalue weighted by atomic mass is 28.3. The molecule has 0 radical (unpaired) electrons. The van der Waals surface area contributed by atoms with Crippen LogP contribution in [0.2, 0.25) is 0 Å². The Balaban J connectivity index is 4.26. The number of carbonyl (C=O) groups is 1. The van der Waals surface area contributed by atoms with E-state index in [0.29, 0.717) is 6.23 Å². The summed E-state index contributed by atoms with van der Waals surface area (Å²) < 4.78 is 4.93. The van der Waals surface area contributed by atoms with Crippen LogP contribution in [0, 0.1) is 0 Å². The summed E-state index contributed by atoms with van der Waals surface area (Å²) in [4.78, 5) is 10.8. The first-order chi connectivity index (χ1) is 6.14. The number of hydrogen-bond donors (Lipinski definition) is 1. The van der Waals surface area contributed by atoms with Gasteiger partial charge in [0.1, 0.15) is 0 Å². The van der Waals surface area contributed by atoms with Crippen molar-refractivity contribution < 1.29 is 9.53 Å². The summed E-state index contributed by atoms with van der Waals surface area (Å²) in [6.45, 7) is 11.1. The van der Waals surface area contributed by atoms with E-state index in [-0.39, 0.29) is 0 Å². The van der Waals surface area contributed by atoms with Gasteiger partial charge in [-0.1, -0.05) is 17.1 Å². The Morgan fingerprint density at radius 2 is 1.85 bits per heavy atom. The lowest BCUT2D eigenvalue weighted by molar-refractivity contribution is 0.165. The van der Waals surface area contributed by atoms with Gasteiger partial charge < -0.3 is 10.1 Å². The highest BCUT2D eigenvalue weighted by Gasteiger charge is 2.23. The van der Waals surface area contributed by atoms with Crippen molar-refractivity contribution in [1.82, 2.24) is 5.32 Å². The molecular weight excluding hydrogens is 182 g/mol. The first-order valence-electron chi connectivity index (χ1n) is 3.89. The summed E-state index contributed by atoms with van der Waals surface area (Å²) in [7, 11) is -0.473. The van der Waals surface area contributed by atoms with Gasteiger partial charge in [-0.3, -0.25) is 0 Å². The fraction of sp³-hybridized carbons (Fsp3) is 0.222. The number of nitrogens with one attached hydrogen (secondary N) is 1. The van der Waals surface area contributed by atoms with E-state index in [1.165, 1.54) is 7.05 Å². The third-order valence-electron chi connectivity index (χ3n) is 1.80. The van der Waals surface area contributed by atoms with Crippen LogP contribution in [0.4, 0.5) is 4.79 Å². The predicted molar refractivity (Wildman–Crippen MR) is 56.8 cm³/mol. The van der Waals surface area contributed by atoms with E-state index in [9.17, 15) is 4.79 Å². The van der Waals surface area contributed by atoms with Crippen molar-refractivity contribution in [2.24, 2.45) is 0 Å². The van der Waals surface area contributed by atoms with Crippen molar-refractivity contribution in [3.05, 3.63) is 36.8 Å². The Bertz CT molecular complexity index is 204. The lowest BCUT2D eigenvalue weighted by Crippen LogP contribution is -2.37. The monoisotopic (exact) mass is 197 g/mol. The maximum Gasteiger partial charge on any atom is 0.406 e. The van der Waals surface area contributed by atoms with Crippen molar-refractivity contribution in [3.63, 3.8) is 0 Å². The summed E-state index contributed by atoms with van der Waals surface area (Å²) in [6, 6.07) is 0. The van der Waals surface area contributed by atoms with Crippen molar-refractivity contribution >= 4 is 14.2 Å². The zero-order valence-electron chi connectivity index (χ0n) is 7.88. The first kappa shape index (κ1) is 11.7. The van der Waals surface area contributed by atoms with Gasteiger partial charge in [0.05, 0.1) is 6.23 Å². The molecule has 0 saturated heterocycles. The number of rotatable bonds is 5. The van der Waals surface area contributed by atoms with E-state index in [0.717, 1.165) is 0 Å². The quantitative estimate of drug-likeness (QED) is 0.678. The number of alkyl carbamates (subject to hydrolysis) is 1. The van der Waals surface area contributed by atoms with E-state index < -0.39 is 14.2 Å². The summed E-state index contributed by atoms with van der Waals surface area (Å²) in [5.74, 6) is 0. The van der Waals surface area contributed by atoms with Gasteiger partial charge in [0, 0.05) is 7.05 Å². The van der Waals surface area contributed by atoms with E-state index in [2.05, 4.69) is 25.1 Å². The van der Waals surface area contributed by atoms with Gasteiger partial charge >= 0.3 is 6.09 Å². The Morgan fingerprint density at radius 1 is 1.38 bits per heavy atom. The van der Waals surface area contributed by atoms with E-state index >= 15 is 0 Å². The minimum absolute atomic E-state index is 0.309. The molecule has 0 unspecified atom stereocenters. The van der Waals surface area contributed by atoms with Crippen molar-refractivity contribution in [1.29, 1.82) is 0 Å². The fourth-order valence-electron chi connectivity index (χ4n) is 0.689. The topological polar surface area (TPSA) is 38.3 Å². The van der Waals surface area contributed by atoms with Gasteiger partial charge in [-0.05, 0) is 0 Å². The molecule has 1 amide bonds. The number of hydrogen-bond acceptors (Lipinski definition) is 2. The van der Waals surface area contributed by atoms with Crippen LogP contribution >= 0.6 is 0 Å². The van der Waals surface area contributed by atoms with Crippen LogP contribution in [0.15, 0.2) is 36.8 Å². The summed E-state index contributed by atoms with van der Waals surface area (Å²) in [6.07, 6.45) is -0.133. The Morgan fingerprint density at radius 3 is 2.15 bits per heavy atom. The predicted octanol–water partition coefficient (Wildman–Crippen LogP) is 1.51. The summed E-state index contributed by atoms with van der Waals surface area (Å²) in [5.41, 5.74) is 5.32. The van der Waals surface area contributed by atoms with E-state index in [1.54, 1.807) is 17.1 Å². The minimum atomic E-state index is -1.99. The van der Waals surface area contributed by atoms with Crippen LogP contribution < -0.4 is 5.32 Å². The molecule has 0 aliphatic rings. The third-order valence-corrected chi connectivity index (χ3v) is 4.72. The van der Waals surface area contributed by atoms with Gasteiger partial charge in [0.25, 0.3) is 0 Å². The molecule has 4 heteroatoms. The van der Waals surface area contributed by atoms with Crippen LogP contribution in [0.5, 0.6) is 0 Å². The molecule has 0 fully saturated rings. The number of amides is 1. The molecule has 1 N–H and O–H groups in total. The molecule has 0 aromatic rings. The van der Waals surface area contributed by atoms with Crippen LogP contribution in [-0.2, 0) is 4.74 Å². The molecule has 0 atom stereocenters. The molecule has 0 aromatic heterocycles. The lowest BCUT2D eigenvalue weighted by atomic mass is 11.1. The standard InChI is InChI=1S/C9H15NO2Si/c1-5-13(6-2,7-3)8-12-9(11)10-4/h5-7H,1-3,8H2,4H3,(H,10,11). The third kappa shape index (κ3) is 3.29. The van der Waals surface area contributed by atoms with Crippen molar-refractivity contribution in [2.45, 2.75) is 0 Å². The molecule has 0 saturated carbocycles. The second kappa shape index (κ2) is 5.37. The van der Waals surface area contributed by atoms with Gasteiger partial charge in [-0.15, -0.1) is 19.7 Å². The van der Waals surface area contributed by atoms with Crippen LogP contribution in [-0.4, -0.2) is 27.4 Å². The molecule has 0 spiro atoms. The Kier molecular flexibility index (Phi) is 4.84. The van der Waals surface area contributed by atoms with Crippen LogP contribution in [0.3, 0.4) is 0 Å². The Hall–Kier alpha value is -1.29. The fourth-order valence-corrected chi connectivity index (χ4v) is 1.92. The molecule has 0 aliphatic carbocycles. The highest BCUT2D eigenvalue weighted by Crippen LogP contribution is 2.07. The average molecular weight is 197 g/mol. The second-order valence-corrected chi connectivity index (χ2v) is 6.29. The van der Waals surface area contributed by atoms with E-state index in [1.807, 2.05) is 0 Å². The second-order valence-electron chi connectivity index (χ2n) is 2.55.